The molecule has 1 atom stereocenters. The summed E-state index contributed by atoms with van der Waals surface area (Å²) in [5.74, 6) is -1.24. The Bertz CT molecular complexity index is 608. The predicted octanol–water partition coefficient (Wildman–Crippen LogP) is 3.01. The van der Waals surface area contributed by atoms with Gasteiger partial charge in [0.1, 0.15) is 0 Å². The molecule has 0 radical (unpaired) electrons. The minimum absolute atomic E-state index is 0.0151. The summed E-state index contributed by atoms with van der Waals surface area (Å²) in [6.45, 7) is 6.85. The van der Waals surface area contributed by atoms with Gasteiger partial charge in [0, 0.05) is 12.0 Å². The van der Waals surface area contributed by atoms with Crippen LogP contribution in [0.1, 0.15) is 12.8 Å². The first-order chi connectivity index (χ1) is 10.3. The van der Waals surface area contributed by atoms with E-state index in [9.17, 15) is 22.3 Å². The molecule has 1 aliphatic rings. The van der Waals surface area contributed by atoms with Crippen molar-refractivity contribution in [2.24, 2.45) is 0 Å². The number of nitrogens with zero attached hydrogens (tertiary/aromatic N) is 1. The van der Waals surface area contributed by atoms with Crippen LogP contribution in [0.3, 0.4) is 0 Å². The van der Waals surface area contributed by atoms with E-state index >= 15 is 0 Å². The van der Waals surface area contributed by atoms with Crippen LogP contribution in [0.25, 0.3) is 0 Å². The van der Waals surface area contributed by atoms with Crippen molar-refractivity contribution in [2.45, 2.75) is 18.9 Å². The van der Waals surface area contributed by atoms with E-state index < -0.39 is 41.7 Å². The fourth-order valence-corrected chi connectivity index (χ4v) is 2.58. The van der Waals surface area contributed by atoms with Crippen LogP contribution in [0.2, 0.25) is 0 Å². The van der Waals surface area contributed by atoms with E-state index in [2.05, 4.69) is 13.2 Å². The summed E-state index contributed by atoms with van der Waals surface area (Å²) in [6.07, 6.45) is 5.22. The Morgan fingerprint density at radius 3 is 2.41 bits per heavy atom. The van der Waals surface area contributed by atoms with Crippen LogP contribution in [0.5, 0.6) is 0 Å². The van der Waals surface area contributed by atoms with Crippen molar-refractivity contribution >= 4 is 17.2 Å². The van der Waals surface area contributed by atoms with E-state index in [-0.39, 0.29) is 15.6 Å². The SMILES string of the molecule is C=C/C=C1/C=C(CCC(=O)O)C(F)(F)N(S(=O)O)/C1=C/C=C. The Hall–Kier alpha value is -2.06. The summed E-state index contributed by atoms with van der Waals surface area (Å²) in [5.41, 5.74) is -0.560. The lowest BCUT2D eigenvalue weighted by atomic mass is 9.97. The number of allylic oxidation sites excluding steroid dienone is 5. The lowest BCUT2D eigenvalue weighted by Crippen LogP contribution is -2.46. The first-order valence-electron chi connectivity index (χ1n) is 6.13. The molecule has 120 valence electrons. The number of hydrogen-bond donors (Lipinski definition) is 2. The summed E-state index contributed by atoms with van der Waals surface area (Å²) in [5, 5.41) is 8.64. The monoisotopic (exact) mass is 331 g/mol. The molecule has 22 heavy (non-hydrogen) atoms. The molecule has 1 aliphatic heterocycles. The van der Waals surface area contributed by atoms with E-state index in [0.29, 0.717) is 0 Å². The molecule has 1 heterocycles. The first kappa shape index (κ1) is 18.0. The van der Waals surface area contributed by atoms with Gasteiger partial charge in [-0.15, -0.1) is 0 Å². The molecule has 5 nitrogen and oxygen atoms in total. The first-order valence-corrected chi connectivity index (χ1v) is 7.19. The van der Waals surface area contributed by atoms with Crippen molar-refractivity contribution in [1.29, 1.82) is 0 Å². The molecule has 0 bridgehead atoms. The van der Waals surface area contributed by atoms with Gasteiger partial charge in [-0.1, -0.05) is 31.4 Å². The molecule has 0 aromatic heterocycles. The lowest BCUT2D eigenvalue weighted by Gasteiger charge is -2.36. The summed E-state index contributed by atoms with van der Waals surface area (Å²) in [6, 6.07) is -3.79. The maximum atomic E-state index is 14.4. The van der Waals surface area contributed by atoms with E-state index in [0.717, 1.165) is 6.08 Å². The molecule has 0 aliphatic carbocycles. The van der Waals surface area contributed by atoms with Gasteiger partial charge >= 0.3 is 12.0 Å². The maximum absolute atomic E-state index is 14.4. The van der Waals surface area contributed by atoms with Crippen LogP contribution in [0.15, 0.2) is 60.4 Å². The van der Waals surface area contributed by atoms with Gasteiger partial charge in [-0.2, -0.15) is 8.78 Å². The number of alkyl halides is 2. The predicted molar refractivity (Wildman–Crippen MR) is 79.1 cm³/mol. The van der Waals surface area contributed by atoms with Crippen LogP contribution in [-0.4, -0.2) is 30.2 Å². The average Bonchev–Trinajstić information content (AvgIpc) is 2.39. The maximum Gasteiger partial charge on any atom is 0.361 e. The highest BCUT2D eigenvalue weighted by molar-refractivity contribution is 7.76. The summed E-state index contributed by atoms with van der Waals surface area (Å²) in [7, 11) is 0. The number of carbonyl (C=O) groups is 1. The Kier molecular flexibility index (Phi) is 5.95. The third kappa shape index (κ3) is 3.77. The molecular formula is C14H15F2NO4S. The second-order valence-electron chi connectivity index (χ2n) is 4.27. The highest BCUT2D eigenvalue weighted by Gasteiger charge is 2.48. The van der Waals surface area contributed by atoms with Crippen molar-refractivity contribution in [1.82, 2.24) is 4.31 Å². The van der Waals surface area contributed by atoms with Crippen molar-refractivity contribution in [3.05, 3.63) is 60.4 Å². The van der Waals surface area contributed by atoms with Crippen LogP contribution < -0.4 is 0 Å². The van der Waals surface area contributed by atoms with Gasteiger partial charge in [0.25, 0.3) is 11.3 Å². The largest absolute Gasteiger partial charge is 0.481 e. The molecule has 2 N–H and O–H groups in total. The fourth-order valence-electron chi connectivity index (χ4n) is 1.93. The van der Waals surface area contributed by atoms with Gasteiger partial charge in [-0.3, -0.25) is 9.35 Å². The van der Waals surface area contributed by atoms with Crippen molar-refractivity contribution in [3.8, 4) is 0 Å². The van der Waals surface area contributed by atoms with E-state index in [1.165, 1.54) is 24.3 Å². The Balaban J connectivity index is 3.48. The van der Waals surface area contributed by atoms with Gasteiger partial charge in [-0.25, -0.2) is 8.51 Å². The zero-order valence-electron chi connectivity index (χ0n) is 11.5. The van der Waals surface area contributed by atoms with Gasteiger partial charge in [-0.05, 0) is 24.1 Å². The third-order valence-corrected chi connectivity index (χ3v) is 3.56. The molecular weight excluding hydrogens is 316 g/mol. The molecule has 0 amide bonds. The Labute approximate surface area is 129 Å². The molecule has 0 aromatic rings. The zero-order valence-corrected chi connectivity index (χ0v) is 12.4. The molecule has 0 fully saturated rings. The fraction of sp³-hybridized carbons (Fsp3) is 0.214. The van der Waals surface area contributed by atoms with E-state index in [4.69, 9.17) is 5.11 Å². The molecule has 0 spiro atoms. The highest BCUT2D eigenvalue weighted by atomic mass is 32.2. The van der Waals surface area contributed by atoms with Crippen molar-refractivity contribution in [3.63, 3.8) is 0 Å². The molecule has 8 heteroatoms. The van der Waals surface area contributed by atoms with Crippen LogP contribution in [0, 0.1) is 0 Å². The van der Waals surface area contributed by atoms with E-state index in [1.807, 2.05) is 0 Å². The molecule has 1 unspecified atom stereocenters. The molecule has 0 saturated carbocycles. The quantitative estimate of drug-likeness (QED) is 0.579. The summed E-state index contributed by atoms with van der Waals surface area (Å²) < 4.78 is 49.4. The number of rotatable bonds is 6. The third-order valence-electron chi connectivity index (χ3n) is 2.82. The number of carboxylic acid groups (broad SMARTS) is 1. The van der Waals surface area contributed by atoms with Crippen LogP contribution >= 0.6 is 0 Å². The normalized spacial score (nSPS) is 22.3. The van der Waals surface area contributed by atoms with Crippen molar-refractivity contribution in [2.75, 3.05) is 0 Å². The molecule has 0 saturated heterocycles. The number of hydrogen-bond acceptors (Lipinski definition) is 2. The minimum atomic E-state index is -3.79. The minimum Gasteiger partial charge on any atom is -0.481 e. The smallest absolute Gasteiger partial charge is 0.361 e. The van der Waals surface area contributed by atoms with E-state index in [1.54, 1.807) is 0 Å². The van der Waals surface area contributed by atoms with Crippen LogP contribution in [0.4, 0.5) is 8.78 Å². The second kappa shape index (κ2) is 7.28. The van der Waals surface area contributed by atoms with Gasteiger partial charge in [0.05, 0.1) is 5.70 Å². The topological polar surface area (TPSA) is 77.8 Å². The Morgan fingerprint density at radius 2 is 1.95 bits per heavy atom. The number of halogens is 2. The average molecular weight is 331 g/mol. The zero-order chi connectivity index (χ0) is 16.9. The van der Waals surface area contributed by atoms with Gasteiger partial charge in [0.2, 0.25) is 0 Å². The second-order valence-corrected chi connectivity index (χ2v) is 5.10. The van der Waals surface area contributed by atoms with Gasteiger partial charge < -0.3 is 5.11 Å². The number of aliphatic carboxylic acids is 1. The molecule has 1 rings (SSSR count). The highest BCUT2D eigenvalue weighted by Crippen LogP contribution is 2.42. The summed E-state index contributed by atoms with van der Waals surface area (Å²) in [4.78, 5) is 10.6. The van der Waals surface area contributed by atoms with Crippen LogP contribution in [-0.2, 0) is 16.1 Å². The Morgan fingerprint density at radius 1 is 1.36 bits per heavy atom. The number of carboxylic acids is 1. The summed E-state index contributed by atoms with van der Waals surface area (Å²) >= 11 is -3.01. The van der Waals surface area contributed by atoms with Gasteiger partial charge in [0.15, 0.2) is 0 Å². The van der Waals surface area contributed by atoms with Crippen molar-refractivity contribution < 1.29 is 27.4 Å². The standard InChI is InChI=1S/C14H15F2NO4S/c1-3-5-10-9-11(7-8-13(18)19)14(15,16)17(22(20)21)12(10)6-4-2/h3-6,9H,1-2,7-8H2,(H,18,19)(H,20,21)/b10-5-,12-6+. The molecule has 0 aromatic carbocycles. The lowest BCUT2D eigenvalue weighted by molar-refractivity contribution is -0.137.